The van der Waals surface area contributed by atoms with Gasteiger partial charge in [-0.2, -0.15) is 4.31 Å². The highest BCUT2D eigenvalue weighted by molar-refractivity contribution is 7.89. The SMILES string of the molecule is CCc1ccc(C(=O)Nc2ccc(NC3CCCCC3)cc2)cc1S(=O)(=O)N1CCOCC1. The molecule has 2 fully saturated rings. The number of amides is 1. The number of hydrogen-bond acceptors (Lipinski definition) is 5. The molecular weight excluding hydrogens is 438 g/mol. The van der Waals surface area contributed by atoms with E-state index in [0.29, 0.717) is 55.6 Å². The number of anilines is 2. The van der Waals surface area contributed by atoms with Crippen molar-refractivity contribution in [2.45, 2.75) is 56.4 Å². The van der Waals surface area contributed by atoms with Crippen LogP contribution >= 0.6 is 0 Å². The minimum Gasteiger partial charge on any atom is -0.382 e. The van der Waals surface area contributed by atoms with Crippen molar-refractivity contribution < 1.29 is 17.9 Å². The summed E-state index contributed by atoms with van der Waals surface area (Å²) in [5.41, 5.74) is 2.75. The highest BCUT2D eigenvalue weighted by Crippen LogP contribution is 2.25. The molecule has 1 aliphatic carbocycles. The lowest BCUT2D eigenvalue weighted by molar-refractivity contribution is 0.0730. The Bertz CT molecular complexity index is 1060. The molecule has 2 aromatic rings. The van der Waals surface area contributed by atoms with E-state index in [2.05, 4.69) is 10.6 Å². The van der Waals surface area contributed by atoms with E-state index < -0.39 is 10.0 Å². The molecule has 0 atom stereocenters. The number of benzene rings is 2. The molecule has 2 N–H and O–H groups in total. The molecule has 1 aliphatic heterocycles. The van der Waals surface area contributed by atoms with E-state index in [9.17, 15) is 13.2 Å². The maximum atomic E-state index is 13.2. The van der Waals surface area contributed by atoms with Gasteiger partial charge in [0, 0.05) is 36.1 Å². The lowest BCUT2D eigenvalue weighted by Gasteiger charge is -2.27. The van der Waals surface area contributed by atoms with Crippen molar-refractivity contribution in [2.75, 3.05) is 36.9 Å². The van der Waals surface area contributed by atoms with Gasteiger partial charge in [-0.05, 0) is 61.2 Å². The molecule has 1 heterocycles. The highest BCUT2D eigenvalue weighted by Gasteiger charge is 2.29. The standard InChI is InChI=1S/C25H33N3O4S/c1-2-19-8-9-20(18-24(19)33(30,31)28-14-16-32-17-15-28)25(29)27-23-12-10-22(11-13-23)26-21-6-4-3-5-7-21/h8-13,18,21,26H,2-7,14-17H2,1H3,(H,27,29). The second-order valence-electron chi connectivity index (χ2n) is 8.70. The maximum absolute atomic E-state index is 13.2. The summed E-state index contributed by atoms with van der Waals surface area (Å²) in [6.07, 6.45) is 6.82. The zero-order valence-electron chi connectivity index (χ0n) is 19.2. The first-order chi connectivity index (χ1) is 16.0. The zero-order valence-corrected chi connectivity index (χ0v) is 20.0. The van der Waals surface area contributed by atoms with Crippen LogP contribution in [-0.4, -0.2) is 51.0 Å². The fraction of sp³-hybridized carbons (Fsp3) is 0.480. The van der Waals surface area contributed by atoms with Crippen molar-refractivity contribution in [3.05, 3.63) is 53.6 Å². The summed E-state index contributed by atoms with van der Waals surface area (Å²) in [4.78, 5) is 13.1. The molecular formula is C25H33N3O4S. The van der Waals surface area contributed by atoms with Crippen LogP contribution in [-0.2, 0) is 21.2 Å². The molecule has 0 spiro atoms. The van der Waals surface area contributed by atoms with E-state index in [1.807, 2.05) is 31.2 Å². The summed E-state index contributed by atoms with van der Waals surface area (Å²) in [6, 6.07) is 13.1. The number of ether oxygens (including phenoxy) is 1. The number of carbonyl (C=O) groups excluding carboxylic acids is 1. The average Bonchev–Trinajstić information content (AvgIpc) is 2.86. The van der Waals surface area contributed by atoms with Crippen LogP contribution in [0.5, 0.6) is 0 Å². The Morgan fingerprint density at radius 3 is 2.33 bits per heavy atom. The third-order valence-electron chi connectivity index (χ3n) is 6.42. The van der Waals surface area contributed by atoms with E-state index >= 15 is 0 Å². The summed E-state index contributed by atoms with van der Waals surface area (Å²) in [5, 5.41) is 6.46. The van der Waals surface area contributed by atoms with Crippen LogP contribution in [0.2, 0.25) is 0 Å². The summed E-state index contributed by atoms with van der Waals surface area (Å²) in [5.74, 6) is -0.330. The Morgan fingerprint density at radius 1 is 1.00 bits per heavy atom. The van der Waals surface area contributed by atoms with Crippen LogP contribution in [0.4, 0.5) is 11.4 Å². The smallest absolute Gasteiger partial charge is 0.255 e. The first-order valence-corrected chi connectivity index (χ1v) is 13.3. The largest absolute Gasteiger partial charge is 0.382 e. The van der Waals surface area contributed by atoms with Crippen LogP contribution < -0.4 is 10.6 Å². The molecule has 7 nitrogen and oxygen atoms in total. The van der Waals surface area contributed by atoms with Gasteiger partial charge in [0.2, 0.25) is 10.0 Å². The average molecular weight is 472 g/mol. The second-order valence-corrected chi connectivity index (χ2v) is 10.6. The number of sulfonamides is 1. The molecule has 0 unspecified atom stereocenters. The normalized spacial score (nSPS) is 18.1. The maximum Gasteiger partial charge on any atom is 0.255 e. The first-order valence-electron chi connectivity index (χ1n) is 11.9. The molecule has 33 heavy (non-hydrogen) atoms. The first kappa shape index (κ1) is 23.7. The van der Waals surface area contributed by atoms with Crippen molar-refractivity contribution in [1.29, 1.82) is 0 Å². The molecule has 0 aromatic heterocycles. The van der Waals surface area contributed by atoms with Gasteiger partial charge in [-0.15, -0.1) is 0 Å². The quantitative estimate of drug-likeness (QED) is 0.630. The van der Waals surface area contributed by atoms with Crippen molar-refractivity contribution >= 4 is 27.3 Å². The Labute approximate surface area is 196 Å². The monoisotopic (exact) mass is 471 g/mol. The van der Waals surface area contributed by atoms with E-state index in [1.54, 1.807) is 12.1 Å². The number of aryl methyl sites for hydroxylation is 1. The predicted molar refractivity (Wildman–Crippen MR) is 130 cm³/mol. The summed E-state index contributed by atoms with van der Waals surface area (Å²) in [6.45, 7) is 3.32. The van der Waals surface area contributed by atoms with Crippen molar-refractivity contribution in [3.63, 3.8) is 0 Å². The van der Waals surface area contributed by atoms with Crippen LogP contribution in [0.15, 0.2) is 47.4 Å². The molecule has 2 aromatic carbocycles. The van der Waals surface area contributed by atoms with Crippen molar-refractivity contribution in [3.8, 4) is 0 Å². The summed E-state index contributed by atoms with van der Waals surface area (Å²) in [7, 11) is -3.69. The number of morpholine rings is 1. The van der Waals surface area contributed by atoms with E-state index in [-0.39, 0.29) is 10.8 Å². The molecule has 4 rings (SSSR count). The molecule has 178 valence electrons. The summed E-state index contributed by atoms with van der Waals surface area (Å²) < 4.78 is 33.2. The van der Waals surface area contributed by atoms with E-state index in [1.165, 1.54) is 42.5 Å². The van der Waals surface area contributed by atoms with Gasteiger partial charge >= 0.3 is 0 Å². The lowest BCUT2D eigenvalue weighted by Crippen LogP contribution is -2.41. The topological polar surface area (TPSA) is 87.7 Å². The number of nitrogens with zero attached hydrogens (tertiary/aromatic N) is 1. The van der Waals surface area contributed by atoms with Crippen LogP contribution in [0.3, 0.4) is 0 Å². The minimum absolute atomic E-state index is 0.201. The molecule has 1 amide bonds. The van der Waals surface area contributed by atoms with Crippen LogP contribution in [0.1, 0.15) is 54.9 Å². The molecule has 0 bridgehead atoms. The Hall–Kier alpha value is -2.42. The fourth-order valence-electron chi connectivity index (χ4n) is 4.49. The fourth-order valence-corrected chi connectivity index (χ4v) is 6.22. The van der Waals surface area contributed by atoms with E-state index in [0.717, 1.165) is 5.69 Å². The van der Waals surface area contributed by atoms with Gasteiger partial charge in [0.05, 0.1) is 18.1 Å². The second kappa shape index (κ2) is 10.7. The number of rotatable bonds is 7. The van der Waals surface area contributed by atoms with Gasteiger partial charge in [0.25, 0.3) is 5.91 Å². The zero-order chi connectivity index (χ0) is 23.3. The van der Waals surface area contributed by atoms with Gasteiger partial charge in [0.15, 0.2) is 0 Å². The van der Waals surface area contributed by atoms with E-state index in [4.69, 9.17) is 4.74 Å². The minimum atomic E-state index is -3.69. The highest BCUT2D eigenvalue weighted by atomic mass is 32.2. The van der Waals surface area contributed by atoms with Gasteiger partial charge in [-0.3, -0.25) is 4.79 Å². The van der Waals surface area contributed by atoms with Crippen molar-refractivity contribution in [2.24, 2.45) is 0 Å². The molecule has 8 heteroatoms. The number of hydrogen-bond donors (Lipinski definition) is 2. The third-order valence-corrected chi connectivity index (χ3v) is 8.40. The van der Waals surface area contributed by atoms with Crippen LogP contribution in [0, 0.1) is 0 Å². The van der Waals surface area contributed by atoms with Gasteiger partial charge in [-0.25, -0.2) is 8.42 Å². The predicted octanol–water partition coefficient (Wildman–Crippen LogP) is 4.27. The molecule has 1 saturated heterocycles. The van der Waals surface area contributed by atoms with Gasteiger partial charge < -0.3 is 15.4 Å². The Balaban J connectivity index is 1.47. The Kier molecular flexibility index (Phi) is 7.67. The van der Waals surface area contributed by atoms with Gasteiger partial charge in [-0.1, -0.05) is 32.3 Å². The molecule has 2 aliphatic rings. The van der Waals surface area contributed by atoms with Crippen LogP contribution in [0.25, 0.3) is 0 Å². The molecule has 1 saturated carbocycles. The molecule has 0 radical (unpaired) electrons. The number of carbonyl (C=O) groups is 1. The van der Waals surface area contributed by atoms with Crippen molar-refractivity contribution in [1.82, 2.24) is 4.31 Å². The van der Waals surface area contributed by atoms with Gasteiger partial charge in [0.1, 0.15) is 0 Å². The Morgan fingerprint density at radius 2 is 1.67 bits per heavy atom. The third kappa shape index (κ3) is 5.75. The summed E-state index contributed by atoms with van der Waals surface area (Å²) >= 11 is 0. The lowest BCUT2D eigenvalue weighted by atomic mass is 9.95. The number of nitrogens with one attached hydrogen (secondary N) is 2.